The number of hydrogen-bond acceptors (Lipinski definition) is 2. The zero-order valence-electron chi connectivity index (χ0n) is 12.7. The van der Waals surface area contributed by atoms with E-state index < -0.39 is 0 Å². The summed E-state index contributed by atoms with van der Waals surface area (Å²) in [5.41, 5.74) is 0. The number of likely N-dealkylation sites (tertiary alicyclic amines) is 2. The minimum Gasteiger partial charge on any atom is -0.303 e. The van der Waals surface area contributed by atoms with Crippen molar-refractivity contribution in [3.05, 3.63) is 0 Å². The molecule has 0 radical (unpaired) electrons. The highest BCUT2D eigenvalue weighted by Crippen LogP contribution is 2.24. The van der Waals surface area contributed by atoms with Gasteiger partial charge in [0.05, 0.1) is 0 Å². The Morgan fingerprint density at radius 3 is 2.22 bits per heavy atom. The molecule has 0 bridgehead atoms. The largest absolute Gasteiger partial charge is 0.303 e. The van der Waals surface area contributed by atoms with Gasteiger partial charge >= 0.3 is 0 Å². The van der Waals surface area contributed by atoms with Crippen LogP contribution in [0.4, 0.5) is 0 Å². The summed E-state index contributed by atoms with van der Waals surface area (Å²) < 4.78 is 0. The van der Waals surface area contributed by atoms with E-state index in [4.69, 9.17) is 0 Å². The summed E-state index contributed by atoms with van der Waals surface area (Å²) in [4.78, 5) is 5.35. The Balaban J connectivity index is 1.61. The SMILES string of the molecule is CCC1CCN(CCC2CCN(C(C)C)CC2)C1. The van der Waals surface area contributed by atoms with E-state index in [2.05, 4.69) is 30.6 Å². The van der Waals surface area contributed by atoms with Crippen LogP contribution in [0.25, 0.3) is 0 Å². The zero-order valence-corrected chi connectivity index (χ0v) is 12.7. The van der Waals surface area contributed by atoms with Crippen molar-refractivity contribution in [1.82, 2.24) is 9.80 Å². The predicted molar refractivity (Wildman–Crippen MR) is 78.9 cm³/mol. The van der Waals surface area contributed by atoms with Crippen molar-refractivity contribution >= 4 is 0 Å². The molecule has 0 N–H and O–H groups in total. The Bertz CT molecular complexity index is 231. The molecule has 1 atom stereocenters. The second-order valence-electron chi connectivity index (χ2n) is 6.73. The molecular formula is C16H32N2. The third kappa shape index (κ3) is 3.96. The van der Waals surface area contributed by atoms with Crippen LogP contribution >= 0.6 is 0 Å². The molecule has 2 heteroatoms. The molecule has 2 rings (SSSR count). The van der Waals surface area contributed by atoms with Crippen LogP contribution in [0, 0.1) is 11.8 Å². The van der Waals surface area contributed by atoms with Gasteiger partial charge < -0.3 is 9.80 Å². The lowest BCUT2D eigenvalue weighted by Crippen LogP contribution is -2.39. The molecule has 1 unspecified atom stereocenters. The van der Waals surface area contributed by atoms with Crippen molar-refractivity contribution in [1.29, 1.82) is 0 Å². The fourth-order valence-corrected chi connectivity index (χ4v) is 3.57. The summed E-state index contributed by atoms with van der Waals surface area (Å²) in [7, 11) is 0. The van der Waals surface area contributed by atoms with Gasteiger partial charge in [0.1, 0.15) is 0 Å². The summed E-state index contributed by atoms with van der Waals surface area (Å²) in [6.07, 6.45) is 7.14. The molecule has 2 aliphatic heterocycles. The first-order valence-electron chi connectivity index (χ1n) is 8.15. The van der Waals surface area contributed by atoms with E-state index in [1.54, 1.807) is 0 Å². The van der Waals surface area contributed by atoms with Crippen LogP contribution in [0.1, 0.15) is 52.9 Å². The van der Waals surface area contributed by atoms with Crippen LogP contribution in [0.5, 0.6) is 0 Å². The van der Waals surface area contributed by atoms with Crippen LogP contribution in [-0.2, 0) is 0 Å². The Morgan fingerprint density at radius 2 is 1.67 bits per heavy atom. The van der Waals surface area contributed by atoms with Crippen molar-refractivity contribution in [2.45, 2.75) is 58.9 Å². The maximum atomic E-state index is 2.71. The first kappa shape index (κ1) is 14.3. The molecule has 0 aromatic carbocycles. The fraction of sp³-hybridized carbons (Fsp3) is 1.00. The third-order valence-corrected chi connectivity index (χ3v) is 5.18. The minimum atomic E-state index is 0.745. The molecule has 2 nitrogen and oxygen atoms in total. The number of piperidine rings is 1. The lowest BCUT2D eigenvalue weighted by Gasteiger charge is -2.35. The molecule has 0 saturated carbocycles. The lowest BCUT2D eigenvalue weighted by atomic mass is 9.93. The van der Waals surface area contributed by atoms with Gasteiger partial charge in [-0.25, -0.2) is 0 Å². The molecule has 2 fully saturated rings. The standard InChI is InChI=1S/C16H32N2/c1-4-15-5-9-17(13-15)10-6-16-7-11-18(12-8-16)14(2)3/h14-16H,4-13H2,1-3H3. The van der Waals surface area contributed by atoms with E-state index >= 15 is 0 Å². The van der Waals surface area contributed by atoms with Crippen LogP contribution in [0.15, 0.2) is 0 Å². The van der Waals surface area contributed by atoms with Crippen molar-refractivity contribution in [3.8, 4) is 0 Å². The van der Waals surface area contributed by atoms with Gasteiger partial charge in [0, 0.05) is 12.6 Å². The maximum absolute atomic E-state index is 2.71. The third-order valence-electron chi connectivity index (χ3n) is 5.18. The van der Waals surface area contributed by atoms with Crippen LogP contribution < -0.4 is 0 Å². The lowest BCUT2D eigenvalue weighted by molar-refractivity contribution is 0.138. The summed E-state index contributed by atoms with van der Waals surface area (Å²) in [5, 5.41) is 0. The Kier molecular flexibility index (Phi) is 5.50. The average Bonchev–Trinajstić information content (AvgIpc) is 2.85. The Hall–Kier alpha value is -0.0800. The molecule has 0 amide bonds. The Labute approximate surface area is 114 Å². The molecule has 0 aliphatic carbocycles. The van der Waals surface area contributed by atoms with E-state index in [0.29, 0.717) is 0 Å². The number of hydrogen-bond donors (Lipinski definition) is 0. The first-order chi connectivity index (χ1) is 8.69. The topological polar surface area (TPSA) is 6.48 Å². The predicted octanol–water partition coefficient (Wildman–Crippen LogP) is 3.23. The normalized spacial score (nSPS) is 28.3. The number of rotatable bonds is 5. The van der Waals surface area contributed by atoms with Crippen molar-refractivity contribution in [2.75, 3.05) is 32.7 Å². The maximum Gasteiger partial charge on any atom is 0.00385 e. The van der Waals surface area contributed by atoms with Crippen LogP contribution in [0.3, 0.4) is 0 Å². The first-order valence-corrected chi connectivity index (χ1v) is 8.15. The molecule has 2 aliphatic rings. The summed E-state index contributed by atoms with van der Waals surface area (Å²) in [6.45, 7) is 13.8. The van der Waals surface area contributed by atoms with Gasteiger partial charge in [-0.3, -0.25) is 0 Å². The highest BCUT2D eigenvalue weighted by atomic mass is 15.2. The van der Waals surface area contributed by atoms with Gasteiger partial charge in [-0.1, -0.05) is 13.3 Å². The van der Waals surface area contributed by atoms with Gasteiger partial charge in [0.2, 0.25) is 0 Å². The van der Waals surface area contributed by atoms with Gasteiger partial charge in [-0.15, -0.1) is 0 Å². The van der Waals surface area contributed by atoms with Crippen molar-refractivity contribution < 1.29 is 0 Å². The fourth-order valence-electron chi connectivity index (χ4n) is 3.57. The van der Waals surface area contributed by atoms with Crippen molar-refractivity contribution in [3.63, 3.8) is 0 Å². The van der Waals surface area contributed by atoms with Crippen molar-refractivity contribution in [2.24, 2.45) is 11.8 Å². The van der Waals surface area contributed by atoms with E-state index in [1.807, 2.05) is 0 Å². The molecular weight excluding hydrogens is 220 g/mol. The van der Waals surface area contributed by atoms with E-state index in [-0.39, 0.29) is 0 Å². The highest BCUT2D eigenvalue weighted by molar-refractivity contribution is 4.78. The molecule has 106 valence electrons. The van der Waals surface area contributed by atoms with Gasteiger partial charge in [-0.05, 0) is 77.5 Å². The summed E-state index contributed by atoms with van der Waals surface area (Å²) in [6, 6.07) is 0.745. The second-order valence-corrected chi connectivity index (χ2v) is 6.73. The summed E-state index contributed by atoms with van der Waals surface area (Å²) in [5.74, 6) is 1.99. The molecule has 2 heterocycles. The second kappa shape index (κ2) is 6.91. The Morgan fingerprint density at radius 1 is 1.00 bits per heavy atom. The minimum absolute atomic E-state index is 0.745. The molecule has 0 spiro atoms. The molecule has 0 aromatic heterocycles. The molecule has 0 aromatic rings. The molecule has 18 heavy (non-hydrogen) atoms. The summed E-state index contributed by atoms with van der Waals surface area (Å²) >= 11 is 0. The average molecular weight is 252 g/mol. The van der Waals surface area contributed by atoms with Gasteiger partial charge in [0.25, 0.3) is 0 Å². The van der Waals surface area contributed by atoms with E-state index in [0.717, 1.165) is 17.9 Å². The van der Waals surface area contributed by atoms with Crippen LogP contribution in [-0.4, -0.2) is 48.6 Å². The van der Waals surface area contributed by atoms with Gasteiger partial charge in [0.15, 0.2) is 0 Å². The van der Waals surface area contributed by atoms with Gasteiger partial charge in [-0.2, -0.15) is 0 Å². The number of nitrogens with zero attached hydrogens (tertiary/aromatic N) is 2. The van der Waals surface area contributed by atoms with E-state index in [1.165, 1.54) is 64.8 Å². The zero-order chi connectivity index (χ0) is 13.0. The van der Waals surface area contributed by atoms with Crippen LogP contribution in [0.2, 0.25) is 0 Å². The molecule has 2 saturated heterocycles. The quantitative estimate of drug-likeness (QED) is 0.741. The smallest absolute Gasteiger partial charge is 0.00385 e. The monoisotopic (exact) mass is 252 g/mol. The van der Waals surface area contributed by atoms with E-state index in [9.17, 15) is 0 Å². The highest BCUT2D eigenvalue weighted by Gasteiger charge is 2.24.